The lowest BCUT2D eigenvalue weighted by Gasteiger charge is -2.29. The average molecular weight is 319 g/mol. The Balaban J connectivity index is 1.79. The van der Waals surface area contributed by atoms with Gasteiger partial charge in [0.2, 0.25) is 5.76 Å². The van der Waals surface area contributed by atoms with Crippen molar-refractivity contribution in [1.29, 1.82) is 0 Å². The van der Waals surface area contributed by atoms with Crippen LogP contribution in [0.25, 0.3) is 0 Å². The van der Waals surface area contributed by atoms with Crippen LogP contribution in [0.5, 0.6) is 11.5 Å². The first kappa shape index (κ1) is 15.5. The van der Waals surface area contributed by atoms with E-state index in [2.05, 4.69) is 0 Å². The van der Waals surface area contributed by atoms with Crippen molar-refractivity contribution in [3.8, 4) is 11.5 Å². The number of ether oxygens (including phenoxy) is 4. The third kappa shape index (κ3) is 3.06. The molecular formula is C17H21NO5. The van der Waals surface area contributed by atoms with Crippen LogP contribution < -0.4 is 9.47 Å². The van der Waals surface area contributed by atoms with Gasteiger partial charge in [-0.1, -0.05) is 6.07 Å². The fraction of sp³-hybridized carbons (Fsp3) is 0.471. The van der Waals surface area contributed by atoms with Crippen LogP contribution in [-0.2, 0) is 14.3 Å². The Morgan fingerprint density at radius 3 is 2.43 bits per heavy atom. The molecule has 2 aliphatic rings. The Labute approximate surface area is 135 Å². The molecule has 0 aliphatic carbocycles. The highest BCUT2D eigenvalue weighted by molar-refractivity contribution is 5.92. The summed E-state index contributed by atoms with van der Waals surface area (Å²) in [7, 11) is 1.75. The maximum atomic E-state index is 12.6. The summed E-state index contributed by atoms with van der Waals surface area (Å²) in [5, 5.41) is 0. The standard InChI is InChI=1S/C17H21NO5/c1-11(13-4-5-14-15(10-13)22-8-7-21-14)18(3)17(19)16-12(2)20-6-9-23-16/h4-5,10-11H,6-9H2,1-3H3. The Kier molecular flexibility index (Phi) is 4.32. The van der Waals surface area contributed by atoms with Gasteiger partial charge in [0, 0.05) is 7.05 Å². The van der Waals surface area contributed by atoms with Crippen molar-refractivity contribution < 1.29 is 23.7 Å². The molecule has 1 aromatic carbocycles. The van der Waals surface area contributed by atoms with Gasteiger partial charge in [0.25, 0.3) is 5.91 Å². The van der Waals surface area contributed by atoms with Crippen molar-refractivity contribution in [1.82, 2.24) is 4.90 Å². The largest absolute Gasteiger partial charge is 0.491 e. The van der Waals surface area contributed by atoms with Gasteiger partial charge in [0.05, 0.1) is 6.04 Å². The molecule has 2 heterocycles. The minimum Gasteiger partial charge on any atom is -0.491 e. The predicted molar refractivity (Wildman–Crippen MR) is 83.2 cm³/mol. The zero-order chi connectivity index (χ0) is 16.4. The molecule has 124 valence electrons. The van der Waals surface area contributed by atoms with Crippen molar-refractivity contribution in [2.24, 2.45) is 0 Å². The molecule has 6 heteroatoms. The average Bonchev–Trinajstić information content (AvgIpc) is 2.60. The van der Waals surface area contributed by atoms with Gasteiger partial charge in [-0.05, 0) is 31.5 Å². The van der Waals surface area contributed by atoms with E-state index < -0.39 is 0 Å². The van der Waals surface area contributed by atoms with E-state index in [0.717, 1.165) is 11.3 Å². The van der Waals surface area contributed by atoms with Crippen molar-refractivity contribution in [2.45, 2.75) is 19.9 Å². The van der Waals surface area contributed by atoms with Crippen molar-refractivity contribution in [3.63, 3.8) is 0 Å². The number of benzene rings is 1. The lowest BCUT2D eigenvalue weighted by Crippen LogP contribution is -2.34. The number of hydrogen-bond donors (Lipinski definition) is 0. The van der Waals surface area contributed by atoms with Crippen LogP contribution in [-0.4, -0.2) is 44.3 Å². The smallest absolute Gasteiger partial charge is 0.292 e. The third-order valence-electron chi connectivity index (χ3n) is 4.11. The summed E-state index contributed by atoms with van der Waals surface area (Å²) >= 11 is 0. The van der Waals surface area contributed by atoms with E-state index in [1.165, 1.54) is 0 Å². The summed E-state index contributed by atoms with van der Waals surface area (Å²) in [4.78, 5) is 14.3. The maximum absolute atomic E-state index is 12.6. The second-order valence-electron chi connectivity index (χ2n) is 5.58. The van der Waals surface area contributed by atoms with E-state index in [9.17, 15) is 4.79 Å². The SMILES string of the molecule is CC1=C(C(=O)N(C)C(C)c2ccc3c(c2)OCCO3)OCCO1. The molecule has 0 saturated heterocycles. The van der Waals surface area contributed by atoms with Gasteiger partial charge in [-0.3, -0.25) is 4.79 Å². The highest BCUT2D eigenvalue weighted by Gasteiger charge is 2.27. The fourth-order valence-corrected chi connectivity index (χ4v) is 2.60. The summed E-state index contributed by atoms with van der Waals surface area (Å²) in [5.74, 6) is 2.08. The predicted octanol–water partition coefficient (Wildman–Crippen LogP) is 2.26. The highest BCUT2D eigenvalue weighted by Crippen LogP contribution is 2.34. The molecule has 0 N–H and O–H groups in total. The maximum Gasteiger partial charge on any atom is 0.292 e. The number of hydrogen-bond acceptors (Lipinski definition) is 5. The van der Waals surface area contributed by atoms with E-state index in [1.807, 2.05) is 25.1 Å². The molecule has 0 aromatic heterocycles. The number of likely N-dealkylation sites (N-methyl/N-ethyl adjacent to an activating group) is 1. The van der Waals surface area contributed by atoms with Gasteiger partial charge in [0.1, 0.15) is 32.2 Å². The van der Waals surface area contributed by atoms with Gasteiger partial charge >= 0.3 is 0 Å². The Bertz CT molecular complexity index is 640. The van der Waals surface area contributed by atoms with E-state index in [4.69, 9.17) is 18.9 Å². The van der Waals surface area contributed by atoms with E-state index in [0.29, 0.717) is 37.9 Å². The second-order valence-corrected chi connectivity index (χ2v) is 5.58. The molecule has 0 radical (unpaired) electrons. The first-order chi connectivity index (χ1) is 11.1. The van der Waals surface area contributed by atoms with Crippen molar-refractivity contribution >= 4 is 5.91 Å². The van der Waals surface area contributed by atoms with Crippen LogP contribution in [0.3, 0.4) is 0 Å². The number of allylic oxidation sites excluding steroid dienone is 1. The number of carbonyl (C=O) groups excluding carboxylic acids is 1. The van der Waals surface area contributed by atoms with Gasteiger partial charge in [-0.25, -0.2) is 0 Å². The zero-order valence-corrected chi connectivity index (χ0v) is 13.6. The lowest BCUT2D eigenvalue weighted by atomic mass is 10.1. The van der Waals surface area contributed by atoms with Crippen LogP contribution in [0.2, 0.25) is 0 Å². The zero-order valence-electron chi connectivity index (χ0n) is 13.6. The minimum absolute atomic E-state index is 0.135. The molecule has 1 atom stereocenters. The molecule has 23 heavy (non-hydrogen) atoms. The number of fused-ring (bicyclic) bond motifs is 1. The van der Waals surface area contributed by atoms with Crippen molar-refractivity contribution in [2.75, 3.05) is 33.5 Å². The molecule has 2 aliphatic heterocycles. The molecule has 0 spiro atoms. The summed E-state index contributed by atoms with van der Waals surface area (Å²) < 4.78 is 22.0. The molecule has 6 nitrogen and oxygen atoms in total. The van der Waals surface area contributed by atoms with Crippen LogP contribution in [0, 0.1) is 0 Å². The monoisotopic (exact) mass is 319 g/mol. The molecule has 0 bridgehead atoms. The number of amides is 1. The van der Waals surface area contributed by atoms with E-state index >= 15 is 0 Å². The highest BCUT2D eigenvalue weighted by atomic mass is 16.6. The number of carbonyl (C=O) groups is 1. The fourth-order valence-electron chi connectivity index (χ4n) is 2.60. The second kappa shape index (κ2) is 6.40. The summed E-state index contributed by atoms with van der Waals surface area (Å²) in [6, 6.07) is 5.61. The van der Waals surface area contributed by atoms with Gasteiger partial charge in [-0.2, -0.15) is 0 Å². The Hall–Kier alpha value is -2.37. The summed E-state index contributed by atoms with van der Waals surface area (Å²) in [5.41, 5.74) is 0.972. The summed E-state index contributed by atoms with van der Waals surface area (Å²) in [6.07, 6.45) is 0. The number of nitrogens with zero attached hydrogens (tertiary/aromatic N) is 1. The van der Waals surface area contributed by atoms with E-state index in [-0.39, 0.29) is 17.7 Å². The molecule has 1 unspecified atom stereocenters. The Morgan fingerprint density at radius 1 is 1.04 bits per heavy atom. The van der Waals surface area contributed by atoms with Gasteiger partial charge < -0.3 is 23.8 Å². The first-order valence-electron chi connectivity index (χ1n) is 7.71. The minimum atomic E-state index is -0.190. The lowest BCUT2D eigenvalue weighted by molar-refractivity contribution is -0.133. The topological polar surface area (TPSA) is 57.2 Å². The van der Waals surface area contributed by atoms with Gasteiger partial charge in [-0.15, -0.1) is 0 Å². The normalized spacial score (nSPS) is 17.9. The molecule has 1 amide bonds. The van der Waals surface area contributed by atoms with Crippen LogP contribution in [0.4, 0.5) is 0 Å². The van der Waals surface area contributed by atoms with Gasteiger partial charge in [0.15, 0.2) is 11.5 Å². The van der Waals surface area contributed by atoms with Crippen LogP contribution in [0.1, 0.15) is 25.5 Å². The van der Waals surface area contributed by atoms with Crippen LogP contribution >= 0.6 is 0 Å². The molecule has 0 saturated carbocycles. The number of rotatable bonds is 3. The molecule has 3 rings (SSSR count). The van der Waals surface area contributed by atoms with Crippen molar-refractivity contribution in [3.05, 3.63) is 35.3 Å². The van der Waals surface area contributed by atoms with Crippen LogP contribution in [0.15, 0.2) is 29.7 Å². The third-order valence-corrected chi connectivity index (χ3v) is 4.11. The quantitative estimate of drug-likeness (QED) is 0.855. The molecular weight excluding hydrogens is 298 g/mol. The first-order valence-corrected chi connectivity index (χ1v) is 7.71. The molecule has 0 fully saturated rings. The van der Waals surface area contributed by atoms with E-state index in [1.54, 1.807) is 18.9 Å². The Morgan fingerprint density at radius 2 is 1.70 bits per heavy atom. The summed E-state index contributed by atoms with van der Waals surface area (Å²) in [6.45, 7) is 5.68. The molecule has 1 aromatic rings.